The minimum atomic E-state index is -0.755. The molecule has 1 unspecified atom stereocenters. The van der Waals surface area contributed by atoms with Crippen molar-refractivity contribution in [2.75, 3.05) is 18.0 Å². The predicted octanol–water partition coefficient (Wildman–Crippen LogP) is 4.39. The quantitative estimate of drug-likeness (QED) is 0.600. The van der Waals surface area contributed by atoms with Crippen LogP contribution in [-0.4, -0.2) is 18.0 Å². The van der Waals surface area contributed by atoms with E-state index >= 15 is 0 Å². The SMILES string of the molecule is CC(C)(C)C1CCCN(c2cccc(F)c2[N+](=O)[O-])CC1. The molecule has 1 saturated heterocycles. The summed E-state index contributed by atoms with van der Waals surface area (Å²) in [6.07, 6.45) is 3.08. The molecule has 0 radical (unpaired) electrons. The summed E-state index contributed by atoms with van der Waals surface area (Å²) in [6, 6.07) is 4.35. The van der Waals surface area contributed by atoms with Gasteiger partial charge in [-0.3, -0.25) is 10.1 Å². The number of hydrogen-bond acceptors (Lipinski definition) is 3. The monoisotopic (exact) mass is 294 g/mol. The van der Waals surface area contributed by atoms with Crippen molar-refractivity contribution in [3.05, 3.63) is 34.1 Å². The van der Waals surface area contributed by atoms with Crippen molar-refractivity contribution in [1.82, 2.24) is 0 Å². The largest absolute Gasteiger partial charge is 0.366 e. The van der Waals surface area contributed by atoms with E-state index in [0.29, 0.717) is 11.6 Å². The first kappa shape index (κ1) is 15.7. The summed E-state index contributed by atoms with van der Waals surface area (Å²) in [5.41, 5.74) is 0.255. The van der Waals surface area contributed by atoms with Crippen LogP contribution in [0.4, 0.5) is 15.8 Å². The lowest BCUT2D eigenvalue weighted by Crippen LogP contribution is -2.26. The molecule has 5 heteroatoms. The van der Waals surface area contributed by atoms with Crippen LogP contribution in [0.2, 0.25) is 0 Å². The molecule has 1 aliphatic heterocycles. The Morgan fingerprint density at radius 1 is 1.29 bits per heavy atom. The van der Waals surface area contributed by atoms with Gasteiger partial charge in [-0.05, 0) is 42.7 Å². The van der Waals surface area contributed by atoms with Crippen LogP contribution in [0.3, 0.4) is 0 Å². The lowest BCUT2D eigenvalue weighted by atomic mass is 9.77. The van der Waals surface area contributed by atoms with E-state index in [1.807, 2.05) is 4.90 Å². The number of benzene rings is 1. The maximum Gasteiger partial charge on any atom is 0.327 e. The van der Waals surface area contributed by atoms with Gasteiger partial charge in [-0.15, -0.1) is 0 Å². The highest BCUT2D eigenvalue weighted by Gasteiger charge is 2.30. The summed E-state index contributed by atoms with van der Waals surface area (Å²) in [5.74, 6) is -0.163. The molecule has 1 atom stereocenters. The maximum absolute atomic E-state index is 13.8. The molecule has 0 amide bonds. The summed E-state index contributed by atoms with van der Waals surface area (Å²) in [7, 11) is 0. The fraction of sp³-hybridized carbons (Fsp3) is 0.625. The van der Waals surface area contributed by atoms with Gasteiger partial charge in [0, 0.05) is 13.1 Å². The third kappa shape index (κ3) is 3.52. The summed E-state index contributed by atoms with van der Waals surface area (Å²) < 4.78 is 13.8. The molecule has 1 aromatic carbocycles. The van der Waals surface area contributed by atoms with Gasteiger partial charge in [-0.1, -0.05) is 26.8 Å². The first-order valence-corrected chi connectivity index (χ1v) is 7.48. The molecule has 0 N–H and O–H groups in total. The Hall–Kier alpha value is -1.65. The molecular weight excluding hydrogens is 271 g/mol. The number of nitrogens with zero attached hydrogens (tertiary/aromatic N) is 2. The topological polar surface area (TPSA) is 46.4 Å². The van der Waals surface area contributed by atoms with Crippen LogP contribution in [0, 0.1) is 27.3 Å². The van der Waals surface area contributed by atoms with Gasteiger partial charge in [0.25, 0.3) is 0 Å². The molecule has 0 saturated carbocycles. The molecule has 1 aliphatic rings. The zero-order chi connectivity index (χ0) is 15.6. The molecule has 116 valence electrons. The summed E-state index contributed by atoms with van der Waals surface area (Å²) in [6.45, 7) is 8.19. The molecule has 1 fully saturated rings. The zero-order valence-corrected chi connectivity index (χ0v) is 12.9. The van der Waals surface area contributed by atoms with Gasteiger partial charge in [0.15, 0.2) is 0 Å². The molecular formula is C16H23FN2O2. The number of nitro benzene ring substituents is 1. The van der Waals surface area contributed by atoms with Crippen molar-refractivity contribution in [3.8, 4) is 0 Å². The second kappa shape index (κ2) is 6.00. The highest BCUT2D eigenvalue weighted by Crippen LogP contribution is 2.37. The molecule has 2 rings (SSSR count). The van der Waals surface area contributed by atoms with Gasteiger partial charge < -0.3 is 4.90 Å². The van der Waals surface area contributed by atoms with E-state index in [1.54, 1.807) is 12.1 Å². The van der Waals surface area contributed by atoms with Crippen LogP contribution in [0.1, 0.15) is 40.0 Å². The first-order valence-electron chi connectivity index (χ1n) is 7.48. The minimum absolute atomic E-state index is 0.240. The van der Waals surface area contributed by atoms with E-state index in [0.717, 1.165) is 38.4 Å². The normalized spacial score (nSPS) is 20.2. The van der Waals surface area contributed by atoms with E-state index in [9.17, 15) is 14.5 Å². The average Bonchev–Trinajstić information content (AvgIpc) is 2.63. The standard InChI is InChI=1S/C16H23FN2O2/c1-16(2,3)12-6-5-10-18(11-9-12)14-8-4-7-13(17)15(14)19(20)21/h4,7-8,12H,5-6,9-11H2,1-3H3. The maximum atomic E-state index is 13.8. The molecule has 21 heavy (non-hydrogen) atoms. The van der Waals surface area contributed by atoms with Crippen LogP contribution in [0.25, 0.3) is 0 Å². The third-order valence-electron chi connectivity index (χ3n) is 4.44. The molecule has 0 aromatic heterocycles. The summed E-state index contributed by atoms with van der Waals surface area (Å²) in [5, 5.41) is 11.1. The molecule has 0 bridgehead atoms. The average molecular weight is 294 g/mol. The Kier molecular flexibility index (Phi) is 4.49. The van der Waals surface area contributed by atoms with E-state index in [4.69, 9.17) is 0 Å². The summed E-state index contributed by atoms with van der Waals surface area (Å²) in [4.78, 5) is 12.5. The molecule has 4 nitrogen and oxygen atoms in total. The van der Waals surface area contributed by atoms with Crippen LogP contribution in [-0.2, 0) is 0 Å². The second-order valence-electron chi connectivity index (χ2n) is 6.85. The number of para-hydroxylation sites is 1. The van der Waals surface area contributed by atoms with Crippen molar-refractivity contribution in [2.24, 2.45) is 11.3 Å². The molecule has 0 aliphatic carbocycles. The Balaban J connectivity index is 2.24. The van der Waals surface area contributed by atoms with E-state index < -0.39 is 16.4 Å². The number of nitro groups is 1. The van der Waals surface area contributed by atoms with E-state index in [-0.39, 0.29) is 5.41 Å². The first-order chi connectivity index (χ1) is 9.80. The lowest BCUT2D eigenvalue weighted by Gasteiger charge is -2.30. The van der Waals surface area contributed by atoms with Crippen LogP contribution < -0.4 is 4.90 Å². The van der Waals surface area contributed by atoms with Crippen LogP contribution in [0.15, 0.2) is 18.2 Å². The predicted molar refractivity (Wildman–Crippen MR) is 82.1 cm³/mol. The fourth-order valence-corrected chi connectivity index (χ4v) is 3.14. The van der Waals surface area contributed by atoms with Gasteiger partial charge in [-0.2, -0.15) is 4.39 Å². The number of anilines is 1. The van der Waals surface area contributed by atoms with E-state index in [1.165, 1.54) is 0 Å². The van der Waals surface area contributed by atoms with Crippen molar-refractivity contribution in [2.45, 2.75) is 40.0 Å². The van der Waals surface area contributed by atoms with Crippen LogP contribution in [0.5, 0.6) is 0 Å². The van der Waals surface area contributed by atoms with Crippen molar-refractivity contribution >= 4 is 11.4 Å². The number of halogens is 1. The molecule has 0 spiro atoms. The van der Waals surface area contributed by atoms with Gasteiger partial charge in [0.1, 0.15) is 5.69 Å². The van der Waals surface area contributed by atoms with Gasteiger partial charge in [0.2, 0.25) is 5.82 Å². The summed E-state index contributed by atoms with van der Waals surface area (Å²) >= 11 is 0. The highest BCUT2D eigenvalue weighted by atomic mass is 19.1. The lowest BCUT2D eigenvalue weighted by molar-refractivity contribution is -0.386. The van der Waals surface area contributed by atoms with Crippen molar-refractivity contribution in [1.29, 1.82) is 0 Å². The highest BCUT2D eigenvalue weighted by molar-refractivity contribution is 5.63. The van der Waals surface area contributed by atoms with E-state index in [2.05, 4.69) is 20.8 Å². The number of hydrogen-bond donors (Lipinski definition) is 0. The molecule has 1 aromatic rings. The Bertz CT molecular complexity index is 525. The zero-order valence-electron chi connectivity index (χ0n) is 12.9. The third-order valence-corrected chi connectivity index (χ3v) is 4.44. The Morgan fingerprint density at radius 3 is 2.62 bits per heavy atom. The Labute approximate surface area is 125 Å². The van der Waals surface area contributed by atoms with Gasteiger partial charge in [-0.25, -0.2) is 0 Å². The molecule has 1 heterocycles. The van der Waals surface area contributed by atoms with Crippen molar-refractivity contribution in [3.63, 3.8) is 0 Å². The number of rotatable bonds is 2. The second-order valence-corrected chi connectivity index (χ2v) is 6.85. The van der Waals surface area contributed by atoms with Gasteiger partial charge >= 0.3 is 5.69 Å². The van der Waals surface area contributed by atoms with Crippen molar-refractivity contribution < 1.29 is 9.31 Å². The van der Waals surface area contributed by atoms with Crippen LogP contribution >= 0.6 is 0 Å². The Morgan fingerprint density at radius 2 is 2.00 bits per heavy atom. The fourth-order valence-electron chi connectivity index (χ4n) is 3.14. The minimum Gasteiger partial charge on any atom is -0.366 e. The smallest absolute Gasteiger partial charge is 0.327 e. The van der Waals surface area contributed by atoms with Gasteiger partial charge in [0.05, 0.1) is 4.92 Å².